The first-order chi connectivity index (χ1) is 21.4. The predicted octanol–water partition coefficient (Wildman–Crippen LogP) is 3.41. The van der Waals surface area contributed by atoms with E-state index in [4.69, 9.17) is 32.7 Å². The molecule has 11 nitrogen and oxygen atoms in total. The van der Waals surface area contributed by atoms with Gasteiger partial charge in [0.05, 0.1) is 36.3 Å². The number of halogens is 3. The van der Waals surface area contributed by atoms with Crippen LogP contribution in [0.5, 0.6) is 5.75 Å². The molecule has 2 amide bonds. The Morgan fingerprint density at radius 3 is 2.58 bits per heavy atom. The average Bonchev–Trinajstić information content (AvgIpc) is 3.64. The highest BCUT2D eigenvalue weighted by atomic mass is 35.5. The van der Waals surface area contributed by atoms with E-state index in [1.807, 2.05) is 0 Å². The van der Waals surface area contributed by atoms with E-state index in [0.29, 0.717) is 54.8 Å². The van der Waals surface area contributed by atoms with Gasteiger partial charge in [-0.25, -0.2) is 14.6 Å². The standard InChI is InChI=1S/C31H40ClF2N5O6/c1-30(29(42)43)8-3-2-4-19(30)28(41)37-11-7-18-20(32)5-6-22(24(18)27(37)38-16-31(9-10-31)12-23(38)40)45-15-21(35)25(26(33)34)39(36)17-13-44-14-17/h5-6,17,19,26-27H,2-4,7-16,35-36H2,1H3,(H,42,43)/b25-21-/t19?,27?,30-/m0/s1. The molecule has 0 bridgehead atoms. The number of nitrogens with two attached hydrogens (primary N) is 2. The summed E-state index contributed by atoms with van der Waals surface area (Å²) in [7, 11) is 0. The minimum absolute atomic E-state index is 0.111. The molecule has 4 fully saturated rings. The molecule has 0 aromatic heterocycles. The lowest BCUT2D eigenvalue weighted by atomic mass is 9.66. The molecule has 5 N–H and O–H groups in total. The van der Waals surface area contributed by atoms with Gasteiger partial charge < -0.3 is 35.1 Å². The van der Waals surface area contributed by atoms with Crippen molar-refractivity contribution in [2.45, 2.75) is 76.9 Å². The van der Waals surface area contributed by atoms with E-state index in [-0.39, 0.29) is 48.4 Å². The second-order valence-corrected chi connectivity index (χ2v) is 13.8. The van der Waals surface area contributed by atoms with E-state index in [2.05, 4.69) is 0 Å². The number of amides is 2. The van der Waals surface area contributed by atoms with Crippen LogP contribution in [0.1, 0.15) is 69.2 Å². The largest absolute Gasteiger partial charge is 0.487 e. The highest BCUT2D eigenvalue weighted by Crippen LogP contribution is 2.56. The number of ether oxygens (including phenoxy) is 2. The summed E-state index contributed by atoms with van der Waals surface area (Å²) < 4.78 is 39.4. The van der Waals surface area contributed by atoms with Crippen molar-refractivity contribution in [3.63, 3.8) is 0 Å². The molecule has 3 atom stereocenters. The van der Waals surface area contributed by atoms with E-state index in [1.54, 1.807) is 28.9 Å². The normalized spacial score (nSPS) is 28.1. The Morgan fingerprint density at radius 2 is 1.98 bits per heavy atom. The summed E-state index contributed by atoms with van der Waals surface area (Å²) >= 11 is 6.70. The van der Waals surface area contributed by atoms with Crippen LogP contribution in [0.3, 0.4) is 0 Å². The van der Waals surface area contributed by atoms with Gasteiger partial charge in [-0.2, -0.15) is 0 Å². The van der Waals surface area contributed by atoms with Gasteiger partial charge in [0.1, 0.15) is 24.2 Å². The van der Waals surface area contributed by atoms with Gasteiger partial charge >= 0.3 is 5.97 Å². The lowest BCUT2D eigenvalue weighted by molar-refractivity contribution is -0.165. The van der Waals surface area contributed by atoms with Crippen molar-refractivity contribution in [2.75, 3.05) is 32.9 Å². The number of allylic oxidation sites excluding steroid dienone is 1. The van der Waals surface area contributed by atoms with Crippen LogP contribution in [0, 0.1) is 16.7 Å². The van der Waals surface area contributed by atoms with Gasteiger partial charge in [-0.15, -0.1) is 0 Å². The molecule has 1 spiro atoms. The summed E-state index contributed by atoms with van der Waals surface area (Å²) in [6, 6.07) is 2.79. The molecule has 6 rings (SSSR count). The van der Waals surface area contributed by atoms with Crippen LogP contribution >= 0.6 is 11.6 Å². The monoisotopic (exact) mass is 651 g/mol. The van der Waals surface area contributed by atoms with Gasteiger partial charge in [-0.1, -0.05) is 24.4 Å². The fourth-order valence-electron chi connectivity index (χ4n) is 7.42. The van der Waals surface area contributed by atoms with Crippen molar-refractivity contribution in [1.29, 1.82) is 0 Å². The lowest BCUT2D eigenvalue weighted by Gasteiger charge is -2.47. The molecule has 2 aliphatic carbocycles. The van der Waals surface area contributed by atoms with Crippen LogP contribution in [0.2, 0.25) is 5.02 Å². The van der Waals surface area contributed by atoms with Crippen LogP contribution in [-0.2, 0) is 25.5 Å². The number of hydrogen-bond acceptors (Lipinski definition) is 8. The summed E-state index contributed by atoms with van der Waals surface area (Å²) in [6.07, 6.45) is 0.877. The SMILES string of the molecule is C[C@]1(C(=O)O)CCCCC1C(=O)N1CCc2c(Cl)ccc(OC/C(N)=C(\C(F)F)N(N)C3COC3)c2C1N1CC2(CC2)CC1=O. The maximum absolute atomic E-state index is 14.4. The number of aliphatic carboxylic acids is 1. The van der Waals surface area contributed by atoms with Gasteiger partial charge in [0.2, 0.25) is 11.8 Å². The second kappa shape index (κ2) is 11.9. The highest BCUT2D eigenvalue weighted by Gasteiger charge is 2.56. The van der Waals surface area contributed by atoms with Crippen LogP contribution in [-0.4, -0.2) is 83.1 Å². The maximum atomic E-state index is 14.4. The van der Waals surface area contributed by atoms with Crippen molar-refractivity contribution >= 4 is 29.4 Å². The molecule has 246 valence electrons. The van der Waals surface area contributed by atoms with E-state index in [9.17, 15) is 28.3 Å². The Morgan fingerprint density at radius 1 is 1.24 bits per heavy atom. The number of carbonyl (C=O) groups excluding carboxylic acids is 2. The number of hydrogen-bond donors (Lipinski definition) is 3. The number of carbonyl (C=O) groups is 3. The fraction of sp³-hybridized carbons (Fsp3) is 0.645. The lowest BCUT2D eigenvalue weighted by Crippen LogP contribution is -2.54. The fourth-order valence-corrected chi connectivity index (χ4v) is 7.68. The number of benzene rings is 1. The number of likely N-dealkylation sites (tertiary alicyclic amines) is 1. The number of carboxylic acid groups (broad SMARTS) is 1. The number of nitrogens with zero attached hydrogens (tertiary/aromatic N) is 3. The van der Waals surface area contributed by atoms with Gasteiger partial charge in [0.25, 0.3) is 6.43 Å². The average molecular weight is 652 g/mol. The molecule has 0 radical (unpaired) electrons. The minimum atomic E-state index is -2.96. The van der Waals surface area contributed by atoms with Gasteiger partial charge in [-0.05, 0) is 62.1 Å². The zero-order valence-electron chi connectivity index (χ0n) is 25.3. The third kappa shape index (κ3) is 5.61. The van der Waals surface area contributed by atoms with Crippen molar-refractivity contribution in [3.8, 4) is 5.75 Å². The third-order valence-electron chi connectivity index (χ3n) is 10.5. The Hall–Kier alpha value is -3.16. The third-order valence-corrected chi connectivity index (χ3v) is 10.9. The number of rotatable bonds is 9. The summed E-state index contributed by atoms with van der Waals surface area (Å²) in [5.74, 6) is 3.99. The quantitative estimate of drug-likeness (QED) is 0.270. The smallest absolute Gasteiger partial charge is 0.310 e. The first-order valence-corrected chi connectivity index (χ1v) is 15.9. The van der Waals surface area contributed by atoms with Crippen LogP contribution in [0.25, 0.3) is 0 Å². The molecule has 45 heavy (non-hydrogen) atoms. The minimum Gasteiger partial charge on any atom is -0.487 e. The maximum Gasteiger partial charge on any atom is 0.310 e. The molecular formula is C31H40ClF2N5O6. The summed E-state index contributed by atoms with van der Waals surface area (Å²) in [6.45, 7) is 2.26. The molecule has 5 aliphatic rings. The highest BCUT2D eigenvalue weighted by molar-refractivity contribution is 6.31. The number of alkyl halides is 2. The molecule has 14 heteroatoms. The Kier molecular flexibility index (Phi) is 8.40. The topological polar surface area (TPSA) is 152 Å². The molecule has 1 aromatic carbocycles. The molecule has 2 unspecified atom stereocenters. The molecule has 3 aliphatic heterocycles. The van der Waals surface area contributed by atoms with Crippen molar-refractivity contribution < 1.29 is 37.7 Å². The Balaban J connectivity index is 1.38. The van der Waals surface area contributed by atoms with E-state index >= 15 is 0 Å². The zero-order valence-corrected chi connectivity index (χ0v) is 26.0. The zero-order chi connectivity index (χ0) is 32.3. The summed E-state index contributed by atoms with van der Waals surface area (Å²) in [5, 5.41) is 11.5. The Labute approximate surface area is 265 Å². The van der Waals surface area contributed by atoms with Gasteiger partial charge in [-0.3, -0.25) is 14.4 Å². The summed E-state index contributed by atoms with van der Waals surface area (Å²) in [4.78, 5) is 43.8. The number of fused-ring (bicyclic) bond motifs is 1. The molecule has 3 heterocycles. The molecule has 2 saturated heterocycles. The number of hydrazine groups is 1. The van der Waals surface area contributed by atoms with Crippen molar-refractivity contribution in [2.24, 2.45) is 28.3 Å². The van der Waals surface area contributed by atoms with Gasteiger partial charge in [0.15, 0.2) is 0 Å². The van der Waals surface area contributed by atoms with E-state index in [0.717, 1.165) is 24.3 Å². The van der Waals surface area contributed by atoms with Crippen LogP contribution in [0.15, 0.2) is 23.5 Å². The predicted molar refractivity (Wildman–Crippen MR) is 159 cm³/mol. The van der Waals surface area contributed by atoms with Crippen LogP contribution < -0.4 is 16.3 Å². The molecular weight excluding hydrogens is 612 g/mol. The van der Waals surface area contributed by atoms with E-state index < -0.39 is 48.2 Å². The van der Waals surface area contributed by atoms with E-state index in [1.165, 1.54) is 0 Å². The van der Waals surface area contributed by atoms with Crippen molar-refractivity contribution in [1.82, 2.24) is 14.8 Å². The summed E-state index contributed by atoms with van der Waals surface area (Å²) in [5.41, 5.74) is 5.11. The van der Waals surface area contributed by atoms with Crippen LogP contribution in [0.4, 0.5) is 8.78 Å². The van der Waals surface area contributed by atoms with Crippen molar-refractivity contribution in [3.05, 3.63) is 39.7 Å². The molecule has 2 saturated carbocycles. The van der Waals surface area contributed by atoms with Gasteiger partial charge in [0, 0.05) is 30.1 Å². The second-order valence-electron chi connectivity index (χ2n) is 13.4. The first kappa shape index (κ1) is 31.8. The Bertz CT molecular complexity index is 1420. The molecule has 1 aromatic rings. The first-order valence-electron chi connectivity index (χ1n) is 15.5. The number of carboxylic acids is 1.